The third-order valence-corrected chi connectivity index (χ3v) is 5.77. The Balaban J connectivity index is 1.36. The summed E-state index contributed by atoms with van der Waals surface area (Å²) in [5, 5.41) is 6.97. The highest BCUT2D eigenvalue weighted by molar-refractivity contribution is 6.13. The summed E-state index contributed by atoms with van der Waals surface area (Å²) in [7, 11) is 0. The fraction of sp³-hybridized carbons (Fsp3) is 0.0714. The zero-order chi connectivity index (χ0) is 22.0. The quantitative estimate of drug-likeness (QED) is 0.438. The molecule has 0 aliphatic carbocycles. The number of hydrogen-bond acceptors (Lipinski definition) is 5. The van der Waals surface area contributed by atoms with Crippen LogP contribution in [-0.2, 0) is 0 Å². The van der Waals surface area contributed by atoms with Gasteiger partial charge in [-0.3, -0.25) is 0 Å². The largest absolute Gasteiger partial charge is 0.464 e. The van der Waals surface area contributed by atoms with E-state index in [0.29, 0.717) is 5.84 Å². The molecule has 2 aliphatic heterocycles. The zero-order valence-corrected chi connectivity index (χ0v) is 17.8. The third-order valence-electron chi connectivity index (χ3n) is 5.77. The molecule has 4 aromatic carbocycles. The molecule has 2 atom stereocenters. The number of aliphatic imine (C=N–C) groups is 2. The minimum absolute atomic E-state index is 0.220. The summed E-state index contributed by atoms with van der Waals surface area (Å²) in [5.74, 6) is 2.37. The highest BCUT2D eigenvalue weighted by Gasteiger charge is 2.25. The molecule has 5 heteroatoms. The van der Waals surface area contributed by atoms with E-state index in [1.807, 2.05) is 78.9 Å². The van der Waals surface area contributed by atoms with E-state index in [1.165, 1.54) is 0 Å². The van der Waals surface area contributed by atoms with Crippen molar-refractivity contribution in [3.05, 3.63) is 131 Å². The van der Waals surface area contributed by atoms with Crippen molar-refractivity contribution in [2.24, 2.45) is 9.98 Å². The van der Waals surface area contributed by atoms with Crippen LogP contribution in [0.15, 0.2) is 119 Å². The van der Waals surface area contributed by atoms with Gasteiger partial charge in [-0.25, -0.2) is 9.98 Å². The van der Waals surface area contributed by atoms with Crippen molar-refractivity contribution in [2.45, 2.75) is 12.4 Å². The molecule has 2 N–H and O–H groups in total. The fourth-order valence-corrected chi connectivity index (χ4v) is 4.11. The molecule has 0 spiro atoms. The molecule has 0 bridgehead atoms. The number of rotatable bonds is 4. The molecule has 0 aromatic heterocycles. The van der Waals surface area contributed by atoms with Crippen LogP contribution in [0.2, 0.25) is 0 Å². The molecule has 4 aromatic rings. The van der Waals surface area contributed by atoms with Gasteiger partial charge < -0.3 is 15.4 Å². The summed E-state index contributed by atoms with van der Waals surface area (Å²) >= 11 is 0. The van der Waals surface area contributed by atoms with Crippen LogP contribution in [0.4, 0.5) is 5.69 Å². The summed E-state index contributed by atoms with van der Waals surface area (Å²) in [6.07, 6.45) is -0.457. The van der Waals surface area contributed by atoms with Gasteiger partial charge in [-0.05, 0) is 23.8 Å². The zero-order valence-electron chi connectivity index (χ0n) is 17.8. The second kappa shape index (κ2) is 8.28. The standard InChI is InChI=1S/C28H22N4O/c1-3-10-19(11-4-1)25-30-26(20-12-5-2-6-13-20)32-27(31-25)21-14-9-15-22(18-21)28-29-23-16-7-8-17-24(23)33-28/h1-18,25,28-29H,(H,30,31,32). The molecular formula is C28H22N4O. The minimum Gasteiger partial charge on any atom is -0.464 e. The van der Waals surface area contributed by atoms with Gasteiger partial charge in [-0.1, -0.05) is 91.0 Å². The van der Waals surface area contributed by atoms with Crippen molar-refractivity contribution in [3.8, 4) is 5.75 Å². The predicted octanol–water partition coefficient (Wildman–Crippen LogP) is 5.69. The molecule has 2 heterocycles. The van der Waals surface area contributed by atoms with Crippen LogP contribution in [0, 0.1) is 0 Å². The first-order valence-electron chi connectivity index (χ1n) is 11.0. The van der Waals surface area contributed by atoms with E-state index >= 15 is 0 Å². The predicted molar refractivity (Wildman–Crippen MR) is 132 cm³/mol. The van der Waals surface area contributed by atoms with Crippen LogP contribution < -0.4 is 15.4 Å². The Labute approximate surface area is 192 Å². The van der Waals surface area contributed by atoms with Crippen molar-refractivity contribution in [1.82, 2.24) is 5.32 Å². The van der Waals surface area contributed by atoms with Gasteiger partial charge in [0.05, 0.1) is 5.69 Å². The van der Waals surface area contributed by atoms with Gasteiger partial charge in [-0.2, -0.15) is 0 Å². The molecule has 0 fully saturated rings. The highest BCUT2D eigenvalue weighted by atomic mass is 16.5. The number of fused-ring (bicyclic) bond motifs is 1. The summed E-state index contributed by atoms with van der Waals surface area (Å²) in [5.41, 5.74) is 5.10. The number of hydrogen-bond donors (Lipinski definition) is 2. The highest BCUT2D eigenvalue weighted by Crippen LogP contribution is 2.37. The topological polar surface area (TPSA) is 58.0 Å². The number of nitrogens with one attached hydrogen (secondary N) is 2. The van der Waals surface area contributed by atoms with Crippen molar-refractivity contribution in [2.75, 3.05) is 5.32 Å². The monoisotopic (exact) mass is 430 g/mol. The summed E-state index contributed by atoms with van der Waals surface area (Å²) < 4.78 is 6.12. The maximum absolute atomic E-state index is 6.12. The van der Waals surface area contributed by atoms with Gasteiger partial charge in [-0.15, -0.1) is 0 Å². The molecule has 2 unspecified atom stereocenters. The smallest absolute Gasteiger partial charge is 0.196 e. The number of ether oxygens (including phenoxy) is 1. The molecule has 0 saturated heterocycles. The van der Waals surface area contributed by atoms with Crippen molar-refractivity contribution < 1.29 is 4.74 Å². The number of para-hydroxylation sites is 2. The Morgan fingerprint density at radius 3 is 2.15 bits per heavy atom. The van der Waals surface area contributed by atoms with Crippen LogP contribution in [0.3, 0.4) is 0 Å². The number of anilines is 1. The maximum Gasteiger partial charge on any atom is 0.196 e. The number of nitrogens with zero attached hydrogens (tertiary/aromatic N) is 2. The minimum atomic E-state index is -0.237. The molecule has 2 aliphatic rings. The van der Waals surface area contributed by atoms with Crippen molar-refractivity contribution >= 4 is 17.4 Å². The Bertz CT molecular complexity index is 1320. The van der Waals surface area contributed by atoms with Gasteiger partial charge in [0.25, 0.3) is 0 Å². The van der Waals surface area contributed by atoms with Crippen LogP contribution in [0.1, 0.15) is 34.6 Å². The Morgan fingerprint density at radius 1 is 0.636 bits per heavy atom. The normalized spacial score (nSPS) is 18.8. The van der Waals surface area contributed by atoms with Crippen LogP contribution in [0.5, 0.6) is 5.75 Å². The summed E-state index contributed by atoms with van der Waals surface area (Å²) in [4.78, 5) is 9.81. The van der Waals surface area contributed by atoms with E-state index in [1.54, 1.807) is 0 Å². The lowest BCUT2D eigenvalue weighted by molar-refractivity contribution is 0.260. The molecular weight excluding hydrogens is 408 g/mol. The molecule has 0 amide bonds. The van der Waals surface area contributed by atoms with Gasteiger partial charge in [0.15, 0.2) is 12.1 Å². The molecule has 33 heavy (non-hydrogen) atoms. The summed E-state index contributed by atoms with van der Waals surface area (Å²) in [6.45, 7) is 0. The van der Waals surface area contributed by atoms with Gasteiger partial charge in [0, 0.05) is 16.7 Å². The fourth-order valence-electron chi connectivity index (χ4n) is 4.11. The van der Waals surface area contributed by atoms with Crippen molar-refractivity contribution in [3.63, 3.8) is 0 Å². The van der Waals surface area contributed by atoms with Gasteiger partial charge >= 0.3 is 0 Å². The first-order valence-corrected chi connectivity index (χ1v) is 11.0. The Kier molecular flexibility index (Phi) is 4.85. The molecule has 0 radical (unpaired) electrons. The lowest BCUT2D eigenvalue weighted by Gasteiger charge is -2.24. The van der Waals surface area contributed by atoms with E-state index in [0.717, 1.165) is 39.5 Å². The average molecular weight is 431 g/mol. The van der Waals surface area contributed by atoms with E-state index in [-0.39, 0.29) is 12.4 Å². The number of benzene rings is 4. The van der Waals surface area contributed by atoms with E-state index in [2.05, 4.69) is 41.0 Å². The lowest BCUT2D eigenvalue weighted by Crippen LogP contribution is -2.33. The third kappa shape index (κ3) is 3.85. The SMILES string of the molecule is c1ccc(C2=NC(c3ccccc3)NC(c3cccc(C4Nc5ccccc5O4)c3)=N2)cc1. The average Bonchev–Trinajstić information content (AvgIpc) is 3.34. The van der Waals surface area contributed by atoms with Crippen molar-refractivity contribution in [1.29, 1.82) is 0 Å². The van der Waals surface area contributed by atoms with Gasteiger partial charge in [0.2, 0.25) is 0 Å². The molecule has 0 saturated carbocycles. The first kappa shape index (κ1) is 19.3. The van der Waals surface area contributed by atoms with E-state index < -0.39 is 0 Å². The maximum atomic E-state index is 6.12. The van der Waals surface area contributed by atoms with E-state index in [9.17, 15) is 0 Å². The van der Waals surface area contributed by atoms with Crippen LogP contribution in [-0.4, -0.2) is 11.7 Å². The van der Waals surface area contributed by atoms with Crippen LogP contribution in [0.25, 0.3) is 0 Å². The second-order valence-electron chi connectivity index (χ2n) is 8.00. The molecule has 160 valence electrons. The Hall–Kier alpha value is -4.38. The second-order valence-corrected chi connectivity index (χ2v) is 8.00. The first-order chi connectivity index (χ1) is 16.3. The number of amidine groups is 2. The van der Waals surface area contributed by atoms with Gasteiger partial charge in [0.1, 0.15) is 17.8 Å². The van der Waals surface area contributed by atoms with E-state index in [4.69, 9.17) is 14.7 Å². The summed E-state index contributed by atoms with van der Waals surface area (Å²) in [6, 6.07) is 36.6. The lowest BCUT2D eigenvalue weighted by atomic mass is 10.1. The van der Waals surface area contributed by atoms with Crippen LogP contribution >= 0.6 is 0 Å². The Morgan fingerprint density at radius 2 is 1.33 bits per heavy atom. The molecule has 6 rings (SSSR count). The molecule has 5 nitrogen and oxygen atoms in total.